The summed E-state index contributed by atoms with van der Waals surface area (Å²) in [6.45, 7) is 5.85. The lowest BCUT2D eigenvalue weighted by atomic mass is 10.1. The second-order valence-electron chi connectivity index (χ2n) is 4.41. The number of anilines is 1. The number of hydrogen-bond donors (Lipinski definition) is 1. The Morgan fingerprint density at radius 1 is 1.44 bits per heavy atom. The molecule has 0 saturated carbocycles. The molecule has 0 radical (unpaired) electrons. The molecule has 0 bridgehead atoms. The van der Waals surface area contributed by atoms with Crippen LogP contribution in [0.25, 0.3) is 0 Å². The van der Waals surface area contributed by atoms with Gasteiger partial charge in [0.1, 0.15) is 4.88 Å². The summed E-state index contributed by atoms with van der Waals surface area (Å²) in [6, 6.07) is 0. The Balaban J connectivity index is 2.63. The van der Waals surface area contributed by atoms with Crippen LogP contribution >= 0.6 is 11.3 Å². The second kappa shape index (κ2) is 6.49. The molecule has 1 heterocycles. The van der Waals surface area contributed by atoms with E-state index in [1.165, 1.54) is 7.11 Å². The van der Waals surface area contributed by atoms with E-state index in [4.69, 9.17) is 0 Å². The van der Waals surface area contributed by atoms with Gasteiger partial charge in [-0.05, 0) is 19.3 Å². The highest BCUT2D eigenvalue weighted by atomic mass is 32.1. The van der Waals surface area contributed by atoms with Crippen molar-refractivity contribution in [1.82, 2.24) is 4.98 Å². The first-order chi connectivity index (χ1) is 8.43. The number of thiazole rings is 1. The number of aryl methyl sites for hydroxylation is 1. The SMILES string of the molecule is COC(=O)c1sc(NC(=O)CCC(C)C)nc1C. The highest BCUT2D eigenvalue weighted by Crippen LogP contribution is 2.23. The molecule has 100 valence electrons. The smallest absolute Gasteiger partial charge is 0.350 e. The van der Waals surface area contributed by atoms with Crippen LogP contribution in [0.4, 0.5) is 5.13 Å². The normalized spacial score (nSPS) is 10.5. The molecule has 0 spiro atoms. The lowest BCUT2D eigenvalue weighted by Crippen LogP contribution is -2.11. The van der Waals surface area contributed by atoms with Crippen molar-refractivity contribution < 1.29 is 14.3 Å². The van der Waals surface area contributed by atoms with Gasteiger partial charge in [0, 0.05) is 6.42 Å². The Morgan fingerprint density at radius 3 is 2.67 bits per heavy atom. The largest absolute Gasteiger partial charge is 0.465 e. The highest BCUT2D eigenvalue weighted by molar-refractivity contribution is 7.17. The van der Waals surface area contributed by atoms with E-state index in [1.807, 2.05) is 0 Å². The average Bonchev–Trinajstić information content (AvgIpc) is 2.66. The number of aromatic nitrogens is 1. The van der Waals surface area contributed by atoms with Crippen LogP contribution in [-0.2, 0) is 9.53 Å². The molecule has 0 aliphatic carbocycles. The molecule has 0 unspecified atom stereocenters. The Hall–Kier alpha value is -1.43. The number of esters is 1. The quantitative estimate of drug-likeness (QED) is 0.835. The number of rotatable bonds is 5. The summed E-state index contributed by atoms with van der Waals surface area (Å²) >= 11 is 1.14. The Labute approximate surface area is 111 Å². The van der Waals surface area contributed by atoms with E-state index in [0.29, 0.717) is 28.0 Å². The second-order valence-corrected chi connectivity index (χ2v) is 5.40. The number of carbonyl (C=O) groups is 2. The predicted octanol–water partition coefficient (Wildman–Crippen LogP) is 2.61. The average molecular weight is 270 g/mol. The van der Waals surface area contributed by atoms with E-state index in [2.05, 4.69) is 28.9 Å². The fourth-order valence-corrected chi connectivity index (χ4v) is 2.23. The number of methoxy groups -OCH3 is 1. The summed E-state index contributed by atoms with van der Waals surface area (Å²) in [6.07, 6.45) is 1.30. The molecule has 0 saturated heterocycles. The third-order valence-electron chi connectivity index (χ3n) is 2.36. The molecule has 0 aliphatic rings. The molecule has 0 aliphatic heterocycles. The molecule has 1 amide bonds. The maximum absolute atomic E-state index is 11.6. The van der Waals surface area contributed by atoms with Crippen LogP contribution in [0.15, 0.2) is 0 Å². The van der Waals surface area contributed by atoms with E-state index in [-0.39, 0.29) is 5.91 Å². The van der Waals surface area contributed by atoms with E-state index >= 15 is 0 Å². The van der Waals surface area contributed by atoms with Gasteiger partial charge in [-0.15, -0.1) is 0 Å². The van der Waals surface area contributed by atoms with Gasteiger partial charge in [-0.2, -0.15) is 0 Å². The number of nitrogens with zero attached hydrogens (tertiary/aromatic N) is 1. The summed E-state index contributed by atoms with van der Waals surface area (Å²) in [5, 5.41) is 3.14. The zero-order chi connectivity index (χ0) is 13.7. The standard InChI is InChI=1S/C12H18N2O3S/c1-7(2)5-6-9(15)14-12-13-8(3)10(18-12)11(16)17-4/h7H,5-6H2,1-4H3,(H,13,14,15). The fraction of sp³-hybridized carbons (Fsp3) is 0.583. The van der Waals surface area contributed by atoms with Crippen molar-refractivity contribution in [2.75, 3.05) is 12.4 Å². The monoisotopic (exact) mass is 270 g/mol. The molecule has 5 nitrogen and oxygen atoms in total. The van der Waals surface area contributed by atoms with Crippen LogP contribution in [0.2, 0.25) is 0 Å². The van der Waals surface area contributed by atoms with Gasteiger partial charge in [0.2, 0.25) is 5.91 Å². The van der Waals surface area contributed by atoms with Crippen molar-refractivity contribution in [3.05, 3.63) is 10.6 Å². The van der Waals surface area contributed by atoms with Gasteiger partial charge in [-0.25, -0.2) is 9.78 Å². The summed E-state index contributed by atoms with van der Waals surface area (Å²) in [5.41, 5.74) is 0.575. The highest BCUT2D eigenvalue weighted by Gasteiger charge is 2.16. The zero-order valence-corrected chi connectivity index (χ0v) is 11.9. The van der Waals surface area contributed by atoms with Crippen molar-refractivity contribution >= 4 is 28.3 Å². The van der Waals surface area contributed by atoms with Gasteiger partial charge in [0.15, 0.2) is 5.13 Å². The molecule has 6 heteroatoms. The molecular formula is C12H18N2O3S. The van der Waals surface area contributed by atoms with Crippen molar-refractivity contribution in [2.24, 2.45) is 5.92 Å². The molecule has 1 rings (SSSR count). The topological polar surface area (TPSA) is 68.3 Å². The number of amides is 1. The minimum Gasteiger partial charge on any atom is -0.465 e. The summed E-state index contributed by atoms with van der Waals surface area (Å²) in [7, 11) is 1.32. The van der Waals surface area contributed by atoms with Crippen molar-refractivity contribution in [3.8, 4) is 0 Å². The maximum atomic E-state index is 11.6. The molecule has 1 aromatic rings. The van der Waals surface area contributed by atoms with Crippen LogP contribution < -0.4 is 5.32 Å². The molecule has 0 atom stereocenters. The van der Waals surface area contributed by atoms with E-state index in [1.54, 1.807) is 6.92 Å². The van der Waals surface area contributed by atoms with Crippen LogP contribution in [0.1, 0.15) is 42.1 Å². The van der Waals surface area contributed by atoms with Gasteiger partial charge in [-0.3, -0.25) is 4.79 Å². The predicted molar refractivity (Wildman–Crippen MR) is 70.9 cm³/mol. The lowest BCUT2D eigenvalue weighted by Gasteiger charge is -2.03. The summed E-state index contributed by atoms with van der Waals surface area (Å²) < 4.78 is 4.63. The van der Waals surface area contributed by atoms with Crippen molar-refractivity contribution in [2.45, 2.75) is 33.6 Å². The minimum atomic E-state index is -0.423. The zero-order valence-electron chi connectivity index (χ0n) is 11.1. The summed E-state index contributed by atoms with van der Waals surface area (Å²) in [5.74, 6) is -0.0130. The third kappa shape index (κ3) is 4.10. The van der Waals surface area contributed by atoms with E-state index < -0.39 is 5.97 Å². The number of nitrogens with one attached hydrogen (secondary N) is 1. The van der Waals surface area contributed by atoms with Gasteiger partial charge >= 0.3 is 5.97 Å². The number of hydrogen-bond acceptors (Lipinski definition) is 5. The van der Waals surface area contributed by atoms with Gasteiger partial charge in [0.25, 0.3) is 0 Å². The minimum absolute atomic E-state index is 0.0751. The first-order valence-electron chi connectivity index (χ1n) is 5.79. The third-order valence-corrected chi connectivity index (χ3v) is 3.42. The lowest BCUT2D eigenvalue weighted by molar-refractivity contribution is -0.116. The van der Waals surface area contributed by atoms with E-state index in [9.17, 15) is 9.59 Å². The summed E-state index contributed by atoms with van der Waals surface area (Å²) in [4.78, 5) is 27.6. The van der Waals surface area contributed by atoms with Gasteiger partial charge in [-0.1, -0.05) is 25.2 Å². The molecule has 1 aromatic heterocycles. The molecule has 18 heavy (non-hydrogen) atoms. The molecule has 1 N–H and O–H groups in total. The van der Waals surface area contributed by atoms with Crippen molar-refractivity contribution in [3.63, 3.8) is 0 Å². The van der Waals surface area contributed by atoms with Crippen LogP contribution in [-0.4, -0.2) is 24.0 Å². The van der Waals surface area contributed by atoms with Gasteiger partial charge in [0.05, 0.1) is 12.8 Å². The van der Waals surface area contributed by atoms with E-state index in [0.717, 1.165) is 17.8 Å². The van der Waals surface area contributed by atoms with Gasteiger partial charge < -0.3 is 10.1 Å². The first kappa shape index (κ1) is 14.6. The Bertz CT molecular complexity index is 441. The van der Waals surface area contributed by atoms with Crippen LogP contribution in [0.5, 0.6) is 0 Å². The van der Waals surface area contributed by atoms with Crippen LogP contribution in [0, 0.1) is 12.8 Å². The molecular weight excluding hydrogens is 252 g/mol. The van der Waals surface area contributed by atoms with Crippen LogP contribution in [0.3, 0.4) is 0 Å². The molecule has 0 aromatic carbocycles. The number of ether oxygens (including phenoxy) is 1. The fourth-order valence-electron chi connectivity index (χ4n) is 1.33. The van der Waals surface area contributed by atoms with Crippen molar-refractivity contribution in [1.29, 1.82) is 0 Å². The first-order valence-corrected chi connectivity index (χ1v) is 6.61. The molecule has 0 fully saturated rings. The Kier molecular flexibility index (Phi) is 5.27. The number of carbonyl (C=O) groups excluding carboxylic acids is 2. The Morgan fingerprint density at radius 2 is 2.11 bits per heavy atom. The maximum Gasteiger partial charge on any atom is 0.350 e.